The molecule has 1 N–H and O–H groups in total. The molecule has 0 saturated carbocycles. The highest BCUT2D eigenvalue weighted by Crippen LogP contribution is 2.26. The Morgan fingerprint density at radius 2 is 1.86 bits per heavy atom. The lowest BCUT2D eigenvalue weighted by Gasteiger charge is -2.02. The van der Waals surface area contributed by atoms with Crippen LogP contribution in [0.25, 0.3) is 0 Å². The second-order valence-electron chi connectivity index (χ2n) is 3.35. The van der Waals surface area contributed by atoms with Gasteiger partial charge in [0.1, 0.15) is 0 Å². The van der Waals surface area contributed by atoms with Crippen LogP contribution in [0.2, 0.25) is 0 Å². The molecule has 0 spiro atoms. The van der Waals surface area contributed by atoms with E-state index in [1.807, 2.05) is 6.07 Å². The molecule has 0 bridgehead atoms. The van der Waals surface area contributed by atoms with E-state index >= 15 is 0 Å². The largest absolute Gasteiger partial charge is 0.272 e. The van der Waals surface area contributed by atoms with Crippen LogP contribution >= 0.6 is 11.8 Å². The fourth-order valence-electron chi connectivity index (χ4n) is 1.42. The maximum atomic E-state index is 3.92. The third kappa shape index (κ3) is 2.17. The van der Waals surface area contributed by atoms with Gasteiger partial charge in [-0.2, -0.15) is 5.10 Å². The molecule has 0 aliphatic heterocycles. The molecule has 1 aromatic heterocycles. The van der Waals surface area contributed by atoms with E-state index in [-0.39, 0.29) is 0 Å². The number of benzene rings is 1. The molecule has 0 fully saturated rings. The number of aromatic nitrogens is 2. The molecular weight excluding hydrogens is 192 g/mol. The number of aryl methyl sites for hydroxylation is 2. The van der Waals surface area contributed by atoms with Crippen molar-refractivity contribution in [3.63, 3.8) is 0 Å². The van der Waals surface area contributed by atoms with Crippen LogP contribution in [0.5, 0.6) is 0 Å². The highest BCUT2D eigenvalue weighted by Gasteiger charge is 1.99. The average Bonchev–Trinajstić information content (AvgIpc) is 2.54. The molecule has 0 saturated heterocycles. The van der Waals surface area contributed by atoms with Gasteiger partial charge in [0.05, 0.1) is 5.03 Å². The van der Waals surface area contributed by atoms with Crippen molar-refractivity contribution >= 4 is 11.8 Å². The van der Waals surface area contributed by atoms with Crippen molar-refractivity contribution in [2.45, 2.75) is 23.8 Å². The van der Waals surface area contributed by atoms with Crippen molar-refractivity contribution in [2.75, 3.05) is 0 Å². The van der Waals surface area contributed by atoms with E-state index in [0.717, 1.165) is 5.03 Å². The van der Waals surface area contributed by atoms with Gasteiger partial charge in [0.15, 0.2) is 0 Å². The molecule has 3 heteroatoms. The fourth-order valence-corrected chi connectivity index (χ4v) is 2.39. The van der Waals surface area contributed by atoms with Crippen LogP contribution in [0.4, 0.5) is 0 Å². The Morgan fingerprint density at radius 3 is 2.43 bits per heavy atom. The smallest absolute Gasteiger partial charge is 0.0955 e. The minimum Gasteiger partial charge on any atom is -0.272 e. The predicted octanol–water partition coefficient (Wildman–Crippen LogP) is 3.18. The van der Waals surface area contributed by atoms with Crippen molar-refractivity contribution < 1.29 is 0 Å². The maximum Gasteiger partial charge on any atom is 0.0955 e. The molecule has 0 atom stereocenters. The molecule has 1 aromatic carbocycles. The molecule has 14 heavy (non-hydrogen) atoms. The zero-order chi connectivity index (χ0) is 9.97. The SMILES string of the molecule is Cc1cc(C)cc(Sc2ccn[nH]2)c1. The fraction of sp³-hybridized carbons (Fsp3) is 0.182. The summed E-state index contributed by atoms with van der Waals surface area (Å²) >= 11 is 1.70. The number of hydrogen-bond donors (Lipinski definition) is 1. The summed E-state index contributed by atoms with van der Waals surface area (Å²) in [6.45, 7) is 4.23. The molecule has 2 aromatic rings. The zero-order valence-electron chi connectivity index (χ0n) is 8.24. The van der Waals surface area contributed by atoms with Crippen LogP contribution in [0.3, 0.4) is 0 Å². The van der Waals surface area contributed by atoms with E-state index in [1.165, 1.54) is 16.0 Å². The van der Waals surface area contributed by atoms with E-state index in [0.29, 0.717) is 0 Å². The monoisotopic (exact) mass is 204 g/mol. The van der Waals surface area contributed by atoms with Gasteiger partial charge in [0.25, 0.3) is 0 Å². The number of H-pyrrole nitrogens is 1. The first-order valence-corrected chi connectivity index (χ1v) is 5.31. The van der Waals surface area contributed by atoms with Crippen LogP contribution in [-0.2, 0) is 0 Å². The molecule has 0 radical (unpaired) electrons. The Morgan fingerprint density at radius 1 is 1.14 bits per heavy atom. The van der Waals surface area contributed by atoms with Gasteiger partial charge in [-0.1, -0.05) is 17.8 Å². The van der Waals surface area contributed by atoms with Gasteiger partial charge in [-0.3, -0.25) is 5.10 Å². The van der Waals surface area contributed by atoms with Gasteiger partial charge in [-0.15, -0.1) is 0 Å². The van der Waals surface area contributed by atoms with Gasteiger partial charge in [-0.05, 0) is 43.2 Å². The van der Waals surface area contributed by atoms with E-state index in [1.54, 1.807) is 18.0 Å². The second-order valence-corrected chi connectivity index (χ2v) is 4.46. The third-order valence-corrected chi connectivity index (χ3v) is 2.82. The van der Waals surface area contributed by atoms with Crippen LogP contribution in [-0.4, -0.2) is 10.2 Å². The molecule has 2 nitrogen and oxygen atoms in total. The van der Waals surface area contributed by atoms with Crippen LogP contribution in [0.15, 0.2) is 40.4 Å². The normalized spacial score (nSPS) is 10.4. The number of nitrogens with zero attached hydrogens (tertiary/aromatic N) is 1. The van der Waals surface area contributed by atoms with Crippen LogP contribution in [0, 0.1) is 13.8 Å². The first kappa shape index (κ1) is 9.34. The average molecular weight is 204 g/mol. The zero-order valence-corrected chi connectivity index (χ0v) is 9.06. The Labute approximate surface area is 87.7 Å². The molecule has 2 rings (SSSR count). The first-order chi connectivity index (χ1) is 6.74. The molecular formula is C11H12N2S. The lowest BCUT2D eigenvalue weighted by Crippen LogP contribution is -1.80. The quantitative estimate of drug-likeness (QED) is 0.814. The summed E-state index contributed by atoms with van der Waals surface area (Å²) in [6, 6.07) is 8.51. The lowest BCUT2D eigenvalue weighted by atomic mass is 10.2. The van der Waals surface area contributed by atoms with Gasteiger partial charge in [0.2, 0.25) is 0 Å². The summed E-state index contributed by atoms with van der Waals surface area (Å²) < 4.78 is 0. The second kappa shape index (κ2) is 3.88. The summed E-state index contributed by atoms with van der Waals surface area (Å²) in [7, 11) is 0. The topological polar surface area (TPSA) is 28.7 Å². The number of hydrogen-bond acceptors (Lipinski definition) is 2. The number of nitrogens with one attached hydrogen (secondary N) is 1. The molecule has 0 aliphatic rings. The van der Waals surface area contributed by atoms with Gasteiger partial charge in [-0.25, -0.2) is 0 Å². The van der Waals surface area contributed by atoms with E-state index in [9.17, 15) is 0 Å². The third-order valence-electron chi connectivity index (χ3n) is 1.90. The van der Waals surface area contributed by atoms with Crippen molar-refractivity contribution in [2.24, 2.45) is 0 Å². The first-order valence-electron chi connectivity index (χ1n) is 4.49. The van der Waals surface area contributed by atoms with Crippen molar-refractivity contribution in [1.29, 1.82) is 0 Å². The molecule has 0 amide bonds. The van der Waals surface area contributed by atoms with E-state index in [2.05, 4.69) is 42.2 Å². The minimum absolute atomic E-state index is 1.08. The summed E-state index contributed by atoms with van der Waals surface area (Å²) in [5.41, 5.74) is 2.60. The van der Waals surface area contributed by atoms with Gasteiger partial charge >= 0.3 is 0 Å². The number of aromatic amines is 1. The number of rotatable bonds is 2. The Kier molecular flexibility index (Phi) is 2.59. The standard InChI is InChI=1S/C11H12N2S/c1-8-5-9(2)7-10(6-8)14-11-3-4-12-13-11/h3-7H,1-2H3,(H,12,13). The minimum atomic E-state index is 1.08. The van der Waals surface area contributed by atoms with Crippen LogP contribution in [0.1, 0.15) is 11.1 Å². The van der Waals surface area contributed by atoms with Gasteiger partial charge in [0, 0.05) is 11.1 Å². The predicted molar refractivity (Wildman–Crippen MR) is 58.6 cm³/mol. The van der Waals surface area contributed by atoms with Crippen molar-refractivity contribution in [3.8, 4) is 0 Å². The summed E-state index contributed by atoms with van der Waals surface area (Å²) in [5.74, 6) is 0. The highest BCUT2D eigenvalue weighted by molar-refractivity contribution is 7.99. The molecule has 1 heterocycles. The van der Waals surface area contributed by atoms with Crippen molar-refractivity contribution in [3.05, 3.63) is 41.6 Å². The van der Waals surface area contributed by atoms with Crippen molar-refractivity contribution in [1.82, 2.24) is 10.2 Å². The molecule has 0 aliphatic carbocycles. The highest BCUT2D eigenvalue weighted by atomic mass is 32.2. The van der Waals surface area contributed by atoms with Gasteiger partial charge < -0.3 is 0 Å². The van der Waals surface area contributed by atoms with E-state index < -0.39 is 0 Å². The molecule has 72 valence electrons. The summed E-state index contributed by atoms with van der Waals surface area (Å²) in [6.07, 6.45) is 1.77. The Bertz CT molecular complexity index is 401. The lowest BCUT2D eigenvalue weighted by molar-refractivity contribution is 1.00. The maximum absolute atomic E-state index is 3.92. The summed E-state index contributed by atoms with van der Waals surface area (Å²) in [5, 5.41) is 7.93. The molecule has 0 unspecified atom stereocenters. The Hall–Kier alpha value is -1.22. The van der Waals surface area contributed by atoms with Crippen LogP contribution < -0.4 is 0 Å². The van der Waals surface area contributed by atoms with E-state index in [4.69, 9.17) is 0 Å². The summed E-state index contributed by atoms with van der Waals surface area (Å²) in [4.78, 5) is 1.26. The Balaban J connectivity index is 2.25.